The molecule has 1 aliphatic carbocycles. The van der Waals surface area contributed by atoms with E-state index in [1.807, 2.05) is 18.2 Å². The molecule has 200 valence electrons. The van der Waals surface area contributed by atoms with Crippen LogP contribution in [0.25, 0.3) is 11.1 Å². The van der Waals surface area contributed by atoms with Crippen LogP contribution in [0.15, 0.2) is 60.7 Å². The maximum absolute atomic E-state index is 14.6. The number of hydrogen-bond donors (Lipinski definition) is 1. The van der Waals surface area contributed by atoms with E-state index in [1.165, 1.54) is 5.56 Å². The van der Waals surface area contributed by atoms with Crippen LogP contribution >= 0.6 is 12.4 Å². The Labute approximate surface area is 229 Å². The molecule has 6 heteroatoms. The van der Waals surface area contributed by atoms with Gasteiger partial charge in [0.2, 0.25) is 0 Å². The molecule has 1 N–H and O–H groups in total. The molecule has 3 aromatic rings. The highest BCUT2D eigenvalue weighted by molar-refractivity contribution is 6.00. The number of halogens is 3. The molecule has 3 nitrogen and oxygen atoms in total. The van der Waals surface area contributed by atoms with Gasteiger partial charge in [-0.15, -0.1) is 12.4 Å². The first-order valence-electron chi connectivity index (χ1n) is 13.2. The topological polar surface area (TPSA) is 40.5 Å². The summed E-state index contributed by atoms with van der Waals surface area (Å²) in [5.41, 5.74) is 8.31. The highest BCUT2D eigenvalue weighted by Crippen LogP contribution is 2.40. The van der Waals surface area contributed by atoms with Gasteiger partial charge in [-0.25, -0.2) is 9.18 Å². The number of carboxylic acids is 1. The van der Waals surface area contributed by atoms with E-state index in [1.54, 1.807) is 25.1 Å². The van der Waals surface area contributed by atoms with Crippen LogP contribution in [0.1, 0.15) is 63.0 Å². The van der Waals surface area contributed by atoms with E-state index in [-0.39, 0.29) is 24.9 Å². The Morgan fingerprint density at radius 1 is 1.00 bits per heavy atom. The lowest BCUT2D eigenvalue weighted by molar-refractivity contribution is 0.0696. The second kappa shape index (κ2) is 12.2. The summed E-state index contributed by atoms with van der Waals surface area (Å²) in [7, 11) is 0. The smallest absolute Gasteiger partial charge is 0.335 e. The van der Waals surface area contributed by atoms with E-state index >= 15 is 0 Å². The van der Waals surface area contributed by atoms with Crippen molar-refractivity contribution in [1.29, 1.82) is 0 Å². The van der Waals surface area contributed by atoms with Crippen LogP contribution < -0.4 is 0 Å². The predicted molar refractivity (Wildman–Crippen MR) is 151 cm³/mol. The minimum atomic E-state index is -0.929. The zero-order valence-electron chi connectivity index (χ0n) is 21.7. The molecule has 2 aliphatic rings. The van der Waals surface area contributed by atoms with Gasteiger partial charge in [-0.2, -0.15) is 0 Å². The van der Waals surface area contributed by atoms with Gasteiger partial charge < -0.3 is 10.0 Å². The third-order valence-corrected chi connectivity index (χ3v) is 7.72. The van der Waals surface area contributed by atoms with Crippen molar-refractivity contribution in [3.8, 4) is 0 Å². The first-order valence-corrected chi connectivity index (χ1v) is 13.2. The molecule has 0 aromatic heterocycles. The van der Waals surface area contributed by atoms with E-state index in [0.29, 0.717) is 23.5 Å². The van der Waals surface area contributed by atoms with E-state index in [9.17, 15) is 18.7 Å². The zero-order chi connectivity index (χ0) is 25.9. The maximum Gasteiger partial charge on any atom is 0.335 e. The Kier molecular flexibility index (Phi) is 9.01. The Morgan fingerprint density at radius 2 is 1.74 bits per heavy atom. The fourth-order valence-corrected chi connectivity index (χ4v) is 5.73. The van der Waals surface area contributed by atoms with E-state index < -0.39 is 5.97 Å². The van der Waals surface area contributed by atoms with Gasteiger partial charge in [-0.1, -0.05) is 42.5 Å². The number of rotatable bonds is 8. The highest BCUT2D eigenvalue weighted by Gasteiger charge is 2.26. The van der Waals surface area contributed by atoms with Crippen molar-refractivity contribution in [1.82, 2.24) is 4.90 Å². The van der Waals surface area contributed by atoms with Crippen molar-refractivity contribution < 1.29 is 18.7 Å². The average Bonchev–Trinajstić information content (AvgIpc) is 3.06. The monoisotopic (exact) mass is 537 g/mol. The molecule has 1 fully saturated rings. The van der Waals surface area contributed by atoms with Gasteiger partial charge in [0.25, 0.3) is 0 Å². The molecule has 0 radical (unpaired) electrons. The summed E-state index contributed by atoms with van der Waals surface area (Å²) in [5, 5.41) is 9.54. The summed E-state index contributed by atoms with van der Waals surface area (Å²) in [4.78, 5) is 13.9. The van der Waals surface area contributed by atoms with Crippen LogP contribution in [0.5, 0.6) is 0 Å². The third-order valence-electron chi connectivity index (χ3n) is 7.72. The fraction of sp³-hybridized carbons (Fsp3) is 0.344. The predicted octanol–water partition coefficient (Wildman–Crippen LogP) is 7.38. The van der Waals surface area contributed by atoms with Gasteiger partial charge >= 0.3 is 5.97 Å². The van der Waals surface area contributed by atoms with E-state index in [4.69, 9.17) is 0 Å². The number of aryl methyl sites for hydroxylation is 2. The lowest BCUT2D eigenvalue weighted by atomic mass is 9.86. The van der Waals surface area contributed by atoms with Gasteiger partial charge in [0.15, 0.2) is 0 Å². The largest absolute Gasteiger partial charge is 0.478 e. The first kappa shape index (κ1) is 28.0. The highest BCUT2D eigenvalue weighted by atomic mass is 35.5. The van der Waals surface area contributed by atoms with Gasteiger partial charge in [0, 0.05) is 19.6 Å². The number of benzene rings is 3. The Morgan fingerprint density at radius 3 is 2.42 bits per heavy atom. The molecule has 0 atom stereocenters. The molecule has 38 heavy (non-hydrogen) atoms. The Bertz CT molecular complexity index is 1330. The maximum atomic E-state index is 14.6. The number of allylic oxidation sites excluding steroid dienone is 1. The molecule has 0 amide bonds. The van der Waals surface area contributed by atoms with Crippen molar-refractivity contribution in [2.45, 2.75) is 39.0 Å². The van der Waals surface area contributed by atoms with Crippen LogP contribution in [0, 0.1) is 18.7 Å². The second-order valence-electron chi connectivity index (χ2n) is 10.4. The van der Waals surface area contributed by atoms with Crippen LogP contribution in [0.2, 0.25) is 0 Å². The van der Waals surface area contributed by atoms with Gasteiger partial charge in [-0.3, -0.25) is 4.39 Å². The van der Waals surface area contributed by atoms with Gasteiger partial charge in [0.05, 0.1) is 12.2 Å². The number of nitrogens with zero attached hydrogens (tertiary/aromatic N) is 1. The SMILES string of the molecule is Cc1ccc(C2=C(c3ccc(CC4CN(CCCF)C4)cc3)c3ccc(C(=O)O)cc3CCC2)cc1F.Cl. The second-order valence-corrected chi connectivity index (χ2v) is 10.4. The number of fused-ring (bicyclic) bond motifs is 1. The van der Waals surface area contributed by atoms with E-state index in [0.717, 1.165) is 78.7 Å². The summed E-state index contributed by atoms with van der Waals surface area (Å²) in [5.74, 6) is -0.544. The van der Waals surface area contributed by atoms with Crippen LogP contribution in [0.3, 0.4) is 0 Å². The standard InChI is InChI=1S/C32H33F2NO2.ClH/c1-21-6-9-26(18-30(21)34)28-5-2-4-25-17-27(32(36)37)12-13-29(25)31(28)24-10-7-22(8-11-24)16-23-19-35(20-23)15-3-14-33;/h6-13,17-18,23H,2-5,14-16,19-20H2,1H3,(H,36,37);1H. The van der Waals surface area contributed by atoms with Gasteiger partial charge in [-0.05, 0) is 108 Å². The molecular formula is C32H34ClF2NO2. The van der Waals surface area contributed by atoms with Crippen LogP contribution in [-0.4, -0.2) is 42.3 Å². The summed E-state index contributed by atoms with van der Waals surface area (Å²) in [6.45, 7) is 4.40. The zero-order valence-corrected chi connectivity index (χ0v) is 22.5. The first-order chi connectivity index (χ1) is 17.9. The number of alkyl halides is 1. The minimum absolute atomic E-state index is 0. The number of likely N-dealkylation sites (tertiary alicyclic amines) is 1. The lowest BCUT2D eigenvalue weighted by Gasteiger charge is -2.39. The molecule has 1 aliphatic heterocycles. The molecule has 0 bridgehead atoms. The molecule has 1 saturated heterocycles. The molecule has 0 spiro atoms. The molecule has 1 heterocycles. The molecule has 5 rings (SSSR count). The molecule has 0 saturated carbocycles. The molecule has 0 unspecified atom stereocenters. The number of hydrogen-bond acceptors (Lipinski definition) is 2. The Hall–Kier alpha value is -3.02. The van der Waals surface area contributed by atoms with Crippen molar-refractivity contribution >= 4 is 29.5 Å². The third kappa shape index (κ3) is 6.00. The average molecular weight is 538 g/mol. The number of carbonyl (C=O) groups is 1. The van der Waals surface area contributed by atoms with Crippen molar-refractivity contribution in [3.05, 3.63) is 105 Å². The summed E-state index contributed by atoms with van der Waals surface area (Å²) in [6.07, 6.45) is 4.03. The van der Waals surface area contributed by atoms with Crippen LogP contribution in [-0.2, 0) is 12.8 Å². The fourth-order valence-electron chi connectivity index (χ4n) is 5.73. The summed E-state index contributed by atoms with van der Waals surface area (Å²) in [6, 6.07) is 19.5. The van der Waals surface area contributed by atoms with Crippen molar-refractivity contribution in [3.63, 3.8) is 0 Å². The van der Waals surface area contributed by atoms with Gasteiger partial charge in [0.1, 0.15) is 5.82 Å². The quantitative estimate of drug-likeness (QED) is 0.326. The lowest BCUT2D eigenvalue weighted by Crippen LogP contribution is -2.47. The summed E-state index contributed by atoms with van der Waals surface area (Å²) >= 11 is 0. The minimum Gasteiger partial charge on any atom is -0.478 e. The van der Waals surface area contributed by atoms with Crippen molar-refractivity contribution in [2.24, 2.45) is 5.92 Å². The van der Waals surface area contributed by atoms with Crippen LogP contribution in [0.4, 0.5) is 8.78 Å². The number of carboxylic acid groups (broad SMARTS) is 1. The Balaban J connectivity index is 0.00000336. The normalized spacial score (nSPS) is 15.9. The van der Waals surface area contributed by atoms with Crippen molar-refractivity contribution in [2.75, 3.05) is 26.3 Å². The number of aromatic carboxylic acids is 1. The summed E-state index contributed by atoms with van der Waals surface area (Å²) < 4.78 is 27.0. The molecule has 3 aromatic carbocycles. The molecular weight excluding hydrogens is 504 g/mol. The van der Waals surface area contributed by atoms with E-state index in [2.05, 4.69) is 29.2 Å².